The largest absolute Gasteiger partial charge is 0.300 e. The number of hydrogen-bond acceptors (Lipinski definition) is 3. The lowest BCUT2D eigenvalue weighted by Crippen LogP contribution is -2.18. The van der Waals surface area contributed by atoms with Crippen molar-refractivity contribution in [1.29, 1.82) is 0 Å². The normalized spacial score (nSPS) is 16.6. The molecule has 0 amide bonds. The van der Waals surface area contributed by atoms with Gasteiger partial charge in [0.2, 0.25) is 0 Å². The molecule has 0 unspecified atom stereocenters. The molecule has 1 fully saturated rings. The van der Waals surface area contributed by atoms with Crippen molar-refractivity contribution < 1.29 is 4.92 Å². The molecule has 4 nitrogen and oxygen atoms in total. The van der Waals surface area contributed by atoms with Crippen LogP contribution in [0.3, 0.4) is 0 Å². The SMILES string of the molecule is O=[N+]([O-])c1ccc(/C=C/C=C/CN2CCCC2)cc1. The topological polar surface area (TPSA) is 46.4 Å². The number of nitrogens with zero attached hydrogens (tertiary/aromatic N) is 2. The van der Waals surface area contributed by atoms with Crippen LogP contribution in [0.5, 0.6) is 0 Å². The van der Waals surface area contributed by atoms with Gasteiger partial charge >= 0.3 is 0 Å². The van der Waals surface area contributed by atoms with Crippen LogP contribution in [0.15, 0.2) is 42.5 Å². The zero-order valence-electron chi connectivity index (χ0n) is 10.9. The summed E-state index contributed by atoms with van der Waals surface area (Å²) in [6.45, 7) is 3.41. The molecule has 1 aromatic carbocycles. The number of likely N-dealkylation sites (tertiary alicyclic amines) is 1. The fourth-order valence-electron chi connectivity index (χ4n) is 2.13. The van der Waals surface area contributed by atoms with Crippen LogP contribution in [0, 0.1) is 10.1 Å². The van der Waals surface area contributed by atoms with E-state index in [1.807, 2.05) is 18.2 Å². The van der Waals surface area contributed by atoms with E-state index < -0.39 is 0 Å². The van der Waals surface area contributed by atoms with Gasteiger partial charge in [0.15, 0.2) is 0 Å². The summed E-state index contributed by atoms with van der Waals surface area (Å²) in [6.07, 6.45) is 10.7. The molecule has 4 heteroatoms. The first-order valence-electron chi connectivity index (χ1n) is 6.56. The van der Waals surface area contributed by atoms with Gasteiger partial charge in [-0.1, -0.05) is 24.3 Å². The molecule has 0 aliphatic carbocycles. The molecule has 0 aromatic heterocycles. The highest BCUT2D eigenvalue weighted by Crippen LogP contribution is 2.12. The van der Waals surface area contributed by atoms with E-state index in [4.69, 9.17) is 0 Å². The van der Waals surface area contributed by atoms with Gasteiger partial charge < -0.3 is 0 Å². The van der Waals surface area contributed by atoms with E-state index in [9.17, 15) is 10.1 Å². The average Bonchev–Trinajstić information content (AvgIpc) is 2.92. The molecule has 100 valence electrons. The zero-order valence-corrected chi connectivity index (χ0v) is 10.9. The lowest BCUT2D eigenvalue weighted by molar-refractivity contribution is -0.384. The number of benzene rings is 1. The maximum absolute atomic E-state index is 10.5. The van der Waals surface area contributed by atoms with Gasteiger partial charge in [-0.3, -0.25) is 15.0 Å². The van der Waals surface area contributed by atoms with Crippen molar-refractivity contribution in [2.45, 2.75) is 12.8 Å². The maximum Gasteiger partial charge on any atom is 0.269 e. The first kappa shape index (κ1) is 13.5. The van der Waals surface area contributed by atoms with Crippen molar-refractivity contribution in [2.75, 3.05) is 19.6 Å². The summed E-state index contributed by atoms with van der Waals surface area (Å²) in [5, 5.41) is 10.5. The van der Waals surface area contributed by atoms with E-state index >= 15 is 0 Å². The van der Waals surface area contributed by atoms with Crippen LogP contribution in [0.2, 0.25) is 0 Å². The molecule has 2 rings (SSSR count). The second kappa shape index (κ2) is 6.85. The van der Waals surface area contributed by atoms with Gasteiger partial charge in [0, 0.05) is 18.7 Å². The minimum absolute atomic E-state index is 0.127. The fraction of sp³-hybridized carbons (Fsp3) is 0.333. The van der Waals surface area contributed by atoms with E-state index in [1.165, 1.54) is 38.1 Å². The molecule has 1 saturated heterocycles. The van der Waals surface area contributed by atoms with Crippen LogP contribution < -0.4 is 0 Å². The van der Waals surface area contributed by atoms with Gasteiger partial charge in [0.1, 0.15) is 0 Å². The molecular formula is C15H18N2O2. The van der Waals surface area contributed by atoms with Crippen LogP contribution in [0.25, 0.3) is 6.08 Å². The molecule has 1 aliphatic rings. The lowest BCUT2D eigenvalue weighted by Gasteiger charge is -2.09. The monoisotopic (exact) mass is 258 g/mol. The van der Waals surface area contributed by atoms with E-state index in [-0.39, 0.29) is 10.6 Å². The van der Waals surface area contributed by atoms with Crippen LogP contribution in [-0.2, 0) is 0 Å². The highest BCUT2D eigenvalue weighted by Gasteiger charge is 2.08. The molecular weight excluding hydrogens is 240 g/mol. The van der Waals surface area contributed by atoms with Gasteiger partial charge in [0.25, 0.3) is 5.69 Å². The molecule has 1 aliphatic heterocycles. The van der Waals surface area contributed by atoms with Crippen molar-refractivity contribution in [3.05, 3.63) is 58.2 Å². The Kier molecular flexibility index (Phi) is 4.86. The minimum atomic E-state index is -0.385. The second-order valence-electron chi connectivity index (χ2n) is 4.64. The summed E-state index contributed by atoms with van der Waals surface area (Å²) in [6, 6.07) is 6.55. The van der Waals surface area contributed by atoms with Gasteiger partial charge in [0.05, 0.1) is 4.92 Å². The lowest BCUT2D eigenvalue weighted by atomic mass is 10.2. The molecule has 0 spiro atoms. The van der Waals surface area contributed by atoms with E-state index in [1.54, 1.807) is 12.1 Å². The van der Waals surface area contributed by atoms with Crippen molar-refractivity contribution in [1.82, 2.24) is 4.90 Å². The molecule has 1 aromatic rings. The fourth-order valence-corrected chi connectivity index (χ4v) is 2.13. The first-order valence-corrected chi connectivity index (χ1v) is 6.56. The highest BCUT2D eigenvalue weighted by atomic mass is 16.6. The van der Waals surface area contributed by atoms with Gasteiger partial charge in [-0.25, -0.2) is 0 Å². The summed E-state index contributed by atoms with van der Waals surface area (Å²) in [5.74, 6) is 0. The predicted molar refractivity (Wildman–Crippen MR) is 76.9 cm³/mol. The molecule has 19 heavy (non-hydrogen) atoms. The van der Waals surface area contributed by atoms with Gasteiger partial charge in [-0.15, -0.1) is 0 Å². The smallest absolute Gasteiger partial charge is 0.269 e. The average molecular weight is 258 g/mol. The Bertz CT molecular complexity index is 471. The third-order valence-corrected chi connectivity index (χ3v) is 3.20. The van der Waals surface area contributed by atoms with Crippen LogP contribution in [0.4, 0.5) is 5.69 Å². The van der Waals surface area contributed by atoms with Crippen molar-refractivity contribution in [3.8, 4) is 0 Å². The number of rotatable bonds is 5. The third kappa shape index (κ3) is 4.34. The zero-order chi connectivity index (χ0) is 13.5. The molecule has 0 saturated carbocycles. The number of nitro groups is 1. The van der Waals surface area contributed by atoms with E-state index in [0.717, 1.165) is 12.1 Å². The summed E-state index contributed by atoms with van der Waals surface area (Å²) in [7, 11) is 0. The van der Waals surface area contributed by atoms with Gasteiger partial charge in [-0.05, 0) is 43.6 Å². The number of non-ortho nitro benzene ring substituents is 1. The Morgan fingerprint density at radius 2 is 1.84 bits per heavy atom. The van der Waals surface area contributed by atoms with Crippen molar-refractivity contribution in [2.24, 2.45) is 0 Å². The summed E-state index contributed by atoms with van der Waals surface area (Å²) in [4.78, 5) is 12.6. The summed E-state index contributed by atoms with van der Waals surface area (Å²) >= 11 is 0. The predicted octanol–water partition coefficient (Wildman–Crippen LogP) is 3.26. The van der Waals surface area contributed by atoms with E-state index in [2.05, 4.69) is 11.0 Å². The van der Waals surface area contributed by atoms with Crippen LogP contribution in [-0.4, -0.2) is 29.5 Å². The quantitative estimate of drug-likeness (QED) is 0.462. The van der Waals surface area contributed by atoms with Crippen molar-refractivity contribution >= 4 is 11.8 Å². The Morgan fingerprint density at radius 1 is 1.16 bits per heavy atom. The Morgan fingerprint density at radius 3 is 2.47 bits per heavy atom. The first-order chi connectivity index (χ1) is 9.25. The molecule has 1 heterocycles. The highest BCUT2D eigenvalue weighted by molar-refractivity contribution is 5.53. The number of allylic oxidation sites excluding steroid dienone is 2. The summed E-state index contributed by atoms with van der Waals surface area (Å²) < 4.78 is 0. The minimum Gasteiger partial charge on any atom is -0.300 e. The molecule has 0 bridgehead atoms. The van der Waals surface area contributed by atoms with Crippen LogP contribution in [0.1, 0.15) is 18.4 Å². The second-order valence-corrected chi connectivity index (χ2v) is 4.64. The van der Waals surface area contributed by atoms with Crippen molar-refractivity contribution in [3.63, 3.8) is 0 Å². The number of hydrogen-bond donors (Lipinski definition) is 0. The van der Waals surface area contributed by atoms with Crippen LogP contribution >= 0.6 is 0 Å². The molecule has 0 N–H and O–H groups in total. The molecule has 0 atom stereocenters. The Hall–Kier alpha value is -1.94. The Balaban J connectivity index is 1.81. The molecule has 0 radical (unpaired) electrons. The summed E-state index contributed by atoms with van der Waals surface area (Å²) in [5.41, 5.74) is 1.10. The standard InChI is InChI=1S/C15H18N2O2/c18-17(19)15-9-7-14(8-10-15)6-2-1-3-11-16-12-4-5-13-16/h1-3,6-10H,4-5,11-13H2/b3-1+,6-2+. The number of nitro benzene ring substituents is 1. The Labute approximate surface area is 113 Å². The van der Waals surface area contributed by atoms with E-state index in [0.29, 0.717) is 0 Å². The maximum atomic E-state index is 10.5. The third-order valence-electron chi connectivity index (χ3n) is 3.20. The van der Waals surface area contributed by atoms with Gasteiger partial charge in [-0.2, -0.15) is 0 Å².